The third-order valence-electron chi connectivity index (χ3n) is 4.70. The first-order chi connectivity index (χ1) is 14.3. The van der Waals surface area contributed by atoms with E-state index in [1.807, 2.05) is 24.3 Å². The molecule has 152 valence electrons. The van der Waals surface area contributed by atoms with Gasteiger partial charge in [0.15, 0.2) is 0 Å². The molecule has 0 aliphatic rings. The van der Waals surface area contributed by atoms with Crippen molar-refractivity contribution < 1.29 is 22.7 Å². The smallest absolute Gasteiger partial charge is 0.416 e. The van der Waals surface area contributed by atoms with Crippen molar-refractivity contribution in [1.82, 2.24) is 4.98 Å². The standard InChI is InChI=1S/C23H16F3NO2S/c1-29-22(28)15-8-9-27-20(12-15)18-6-3-7-21-19(18)13-17(30-21)11-14-4-2-5-16(10-14)23(24,25)26/h2-10,12-13H,11H2,1H3. The van der Waals surface area contributed by atoms with E-state index in [1.54, 1.807) is 24.4 Å². The van der Waals surface area contributed by atoms with Crippen LogP contribution < -0.4 is 0 Å². The number of carbonyl (C=O) groups excluding carboxylic acids is 1. The van der Waals surface area contributed by atoms with Crippen LogP contribution in [0.2, 0.25) is 0 Å². The maximum atomic E-state index is 13.0. The van der Waals surface area contributed by atoms with Crippen molar-refractivity contribution in [2.24, 2.45) is 0 Å². The van der Waals surface area contributed by atoms with E-state index in [2.05, 4.69) is 4.98 Å². The summed E-state index contributed by atoms with van der Waals surface area (Å²) in [6.07, 6.45) is -2.41. The largest absolute Gasteiger partial charge is 0.465 e. The Morgan fingerprint density at radius 2 is 1.87 bits per heavy atom. The Morgan fingerprint density at radius 3 is 2.63 bits per heavy atom. The highest BCUT2D eigenvalue weighted by Gasteiger charge is 2.30. The average Bonchev–Trinajstić information content (AvgIpc) is 3.15. The monoisotopic (exact) mass is 427 g/mol. The molecular weight excluding hydrogens is 411 g/mol. The molecule has 4 rings (SSSR count). The van der Waals surface area contributed by atoms with Gasteiger partial charge in [-0.2, -0.15) is 13.2 Å². The first-order valence-corrected chi connectivity index (χ1v) is 9.89. The number of ether oxygens (including phenoxy) is 1. The third-order valence-corrected chi connectivity index (χ3v) is 5.80. The highest BCUT2D eigenvalue weighted by atomic mass is 32.1. The Labute approximate surface area is 174 Å². The van der Waals surface area contributed by atoms with Crippen molar-refractivity contribution in [2.75, 3.05) is 7.11 Å². The van der Waals surface area contributed by atoms with Gasteiger partial charge < -0.3 is 4.74 Å². The predicted molar refractivity (Wildman–Crippen MR) is 111 cm³/mol. The molecule has 0 unspecified atom stereocenters. The molecule has 2 aromatic heterocycles. The number of thiophene rings is 1. The summed E-state index contributed by atoms with van der Waals surface area (Å²) in [5, 5.41) is 0.944. The SMILES string of the molecule is COC(=O)c1ccnc(-c2cccc3sc(Cc4cccc(C(F)(F)F)c4)cc23)c1. The lowest BCUT2D eigenvalue weighted by Crippen LogP contribution is -2.05. The number of hydrogen-bond donors (Lipinski definition) is 0. The molecule has 0 aliphatic heterocycles. The zero-order chi connectivity index (χ0) is 21.3. The van der Waals surface area contributed by atoms with Gasteiger partial charge >= 0.3 is 12.1 Å². The van der Waals surface area contributed by atoms with Crippen LogP contribution in [-0.4, -0.2) is 18.1 Å². The van der Waals surface area contributed by atoms with Gasteiger partial charge in [-0.3, -0.25) is 4.98 Å². The van der Waals surface area contributed by atoms with Crippen molar-refractivity contribution in [3.05, 3.63) is 88.4 Å². The highest BCUT2D eigenvalue weighted by Crippen LogP contribution is 2.35. The number of rotatable bonds is 4. The fourth-order valence-corrected chi connectivity index (χ4v) is 4.43. The van der Waals surface area contributed by atoms with E-state index in [0.717, 1.165) is 26.6 Å². The molecule has 0 spiro atoms. The van der Waals surface area contributed by atoms with Crippen LogP contribution in [0.15, 0.2) is 66.9 Å². The van der Waals surface area contributed by atoms with Crippen molar-refractivity contribution >= 4 is 27.4 Å². The molecule has 0 saturated heterocycles. The number of nitrogens with zero attached hydrogens (tertiary/aromatic N) is 1. The summed E-state index contributed by atoms with van der Waals surface area (Å²) in [7, 11) is 1.32. The maximum Gasteiger partial charge on any atom is 0.416 e. The van der Waals surface area contributed by atoms with Crippen LogP contribution in [0.1, 0.15) is 26.4 Å². The average molecular weight is 427 g/mol. The normalized spacial score (nSPS) is 11.6. The van der Waals surface area contributed by atoms with E-state index in [1.165, 1.54) is 30.6 Å². The Morgan fingerprint density at radius 1 is 1.07 bits per heavy atom. The number of aromatic nitrogens is 1. The van der Waals surface area contributed by atoms with Crippen molar-refractivity contribution in [3.63, 3.8) is 0 Å². The molecule has 0 aliphatic carbocycles. The minimum Gasteiger partial charge on any atom is -0.465 e. The summed E-state index contributed by atoms with van der Waals surface area (Å²) >= 11 is 1.53. The first-order valence-electron chi connectivity index (χ1n) is 9.07. The third kappa shape index (κ3) is 4.07. The van der Waals surface area contributed by atoms with E-state index in [-0.39, 0.29) is 0 Å². The summed E-state index contributed by atoms with van der Waals surface area (Å²) in [6, 6.07) is 16.4. The van der Waals surface area contributed by atoms with Crippen LogP contribution in [-0.2, 0) is 17.3 Å². The summed E-state index contributed by atoms with van der Waals surface area (Å²) in [5.74, 6) is -0.443. The van der Waals surface area contributed by atoms with Crippen LogP contribution >= 0.6 is 11.3 Å². The highest BCUT2D eigenvalue weighted by molar-refractivity contribution is 7.19. The number of methoxy groups -OCH3 is 1. The second-order valence-electron chi connectivity index (χ2n) is 6.73. The van der Waals surface area contributed by atoms with E-state index in [9.17, 15) is 18.0 Å². The van der Waals surface area contributed by atoms with Gasteiger partial charge in [0.1, 0.15) is 0 Å². The molecule has 30 heavy (non-hydrogen) atoms. The summed E-state index contributed by atoms with van der Waals surface area (Å²) < 4.78 is 44.8. The molecule has 0 saturated carbocycles. The van der Waals surface area contributed by atoms with Crippen LogP contribution in [0.3, 0.4) is 0 Å². The molecule has 0 bridgehead atoms. The first kappa shape index (κ1) is 20.1. The number of halogens is 3. The molecule has 4 aromatic rings. The van der Waals surface area contributed by atoms with Gasteiger partial charge in [-0.1, -0.05) is 30.3 Å². The molecular formula is C23H16F3NO2S. The van der Waals surface area contributed by atoms with Crippen LogP contribution in [0, 0.1) is 0 Å². The van der Waals surface area contributed by atoms with Gasteiger partial charge in [0, 0.05) is 33.1 Å². The summed E-state index contributed by atoms with van der Waals surface area (Å²) in [6.45, 7) is 0. The lowest BCUT2D eigenvalue weighted by molar-refractivity contribution is -0.137. The van der Waals surface area contributed by atoms with Gasteiger partial charge in [0.05, 0.1) is 23.9 Å². The number of carbonyl (C=O) groups is 1. The quantitative estimate of drug-likeness (QED) is 0.356. The molecule has 0 amide bonds. The van der Waals surface area contributed by atoms with Crippen molar-refractivity contribution in [1.29, 1.82) is 0 Å². The fourth-order valence-electron chi connectivity index (χ4n) is 3.31. The zero-order valence-electron chi connectivity index (χ0n) is 15.9. The summed E-state index contributed by atoms with van der Waals surface area (Å²) in [5.41, 5.74) is 1.84. The Hall–Kier alpha value is -3.19. The molecule has 3 nitrogen and oxygen atoms in total. The second-order valence-corrected chi connectivity index (χ2v) is 7.89. The van der Waals surface area contributed by atoms with Gasteiger partial charge in [-0.05, 0) is 35.9 Å². The van der Waals surface area contributed by atoms with E-state index in [0.29, 0.717) is 23.2 Å². The van der Waals surface area contributed by atoms with Crippen molar-refractivity contribution in [3.8, 4) is 11.3 Å². The molecule has 0 atom stereocenters. The van der Waals surface area contributed by atoms with E-state index < -0.39 is 17.7 Å². The van der Waals surface area contributed by atoms with Crippen LogP contribution in [0.25, 0.3) is 21.3 Å². The van der Waals surface area contributed by atoms with Gasteiger partial charge in [0.25, 0.3) is 0 Å². The Kier molecular flexibility index (Phi) is 5.30. The van der Waals surface area contributed by atoms with E-state index in [4.69, 9.17) is 4.74 Å². The Bertz CT molecular complexity index is 1230. The number of benzene rings is 2. The lowest BCUT2D eigenvalue weighted by Gasteiger charge is -2.08. The molecule has 2 aromatic carbocycles. The van der Waals surface area contributed by atoms with Crippen molar-refractivity contribution in [2.45, 2.75) is 12.6 Å². The number of hydrogen-bond acceptors (Lipinski definition) is 4. The van der Waals surface area contributed by atoms with Gasteiger partial charge in [-0.15, -0.1) is 11.3 Å². The predicted octanol–water partition coefficient (Wildman–Crippen LogP) is 6.36. The number of pyridine rings is 1. The fraction of sp³-hybridized carbons (Fsp3) is 0.130. The molecule has 7 heteroatoms. The number of fused-ring (bicyclic) bond motifs is 1. The minimum absolute atomic E-state index is 0.401. The maximum absolute atomic E-state index is 13.0. The number of alkyl halides is 3. The summed E-state index contributed by atoms with van der Waals surface area (Å²) in [4.78, 5) is 17.2. The minimum atomic E-state index is -4.36. The van der Waals surface area contributed by atoms with Crippen LogP contribution in [0.4, 0.5) is 13.2 Å². The molecule has 0 N–H and O–H groups in total. The lowest BCUT2D eigenvalue weighted by atomic mass is 10.0. The van der Waals surface area contributed by atoms with Gasteiger partial charge in [-0.25, -0.2) is 4.79 Å². The van der Waals surface area contributed by atoms with Crippen LogP contribution in [0.5, 0.6) is 0 Å². The van der Waals surface area contributed by atoms with Gasteiger partial charge in [0.2, 0.25) is 0 Å². The second kappa shape index (κ2) is 7.91. The molecule has 0 radical (unpaired) electrons. The molecule has 2 heterocycles. The molecule has 0 fully saturated rings. The Balaban J connectivity index is 1.71. The van der Waals surface area contributed by atoms with E-state index >= 15 is 0 Å². The number of esters is 1. The zero-order valence-corrected chi connectivity index (χ0v) is 16.7. The topological polar surface area (TPSA) is 39.2 Å².